The second-order valence-electron chi connectivity index (χ2n) is 6.44. The number of rotatable bonds is 7. The first-order valence-electron chi connectivity index (χ1n) is 9.10. The molecule has 2 aliphatic heterocycles. The molecule has 0 spiro atoms. The first-order chi connectivity index (χ1) is 14.3. The van der Waals surface area contributed by atoms with Crippen molar-refractivity contribution in [3.05, 3.63) is 33.7 Å². The molecule has 11 heteroatoms. The minimum atomic E-state index is -1.01. The molecule has 2 amide bonds. The topological polar surface area (TPSA) is 96.4 Å². The van der Waals surface area contributed by atoms with E-state index in [1.165, 1.54) is 4.90 Å². The number of morpholine rings is 1. The van der Waals surface area contributed by atoms with Crippen molar-refractivity contribution < 1.29 is 29.0 Å². The Balaban J connectivity index is 1.73. The Labute approximate surface area is 187 Å². The van der Waals surface area contributed by atoms with Crippen LogP contribution in [0.15, 0.2) is 23.1 Å². The molecule has 8 nitrogen and oxygen atoms in total. The highest BCUT2D eigenvalue weighted by molar-refractivity contribution is 8.26. The van der Waals surface area contributed by atoms with E-state index in [0.29, 0.717) is 51.9 Å². The average molecular weight is 471 g/mol. The van der Waals surface area contributed by atoms with Crippen LogP contribution in [0, 0.1) is 0 Å². The number of hydrogen-bond donors (Lipinski definition) is 1. The van der Waals surface area contributed by atoms with E-state index in [-0.39, 0.29) is 31.4 Å². The lowest BCUT2D eigenvalue weighted by Gasteiger charge is -2.26. The highest BCUT2D eigenvalue weighted by Crippen LogP contribution is 2.35. The van der Waals surface area contributed by atoms with Crippen LogP contribution < -0.4 is 4.74 Å². The van der Waals surface area contributed by atoms with Gasteiger partial charge < -0.3 is 19.5 Å². The summed E-state index contributed by atoms with van der Waals surface area (Å²) in [7, 11) is 0. The Morgan fingerprint density at radius 1 is 1.33 bits per heavy atom. The van der Waals surface area contributed by atoms with Crippen LogP contribution in [0.5, 0.6) is 5.75 Å². The molecule has 0 atom stereocenters. The van der Waals surface area contributed by atoms with E-state index < -0.39 is 5.97 Å². The van der Waals surface area contributed by atoms with Crippen molar-refractivity contribution in [2.45, 2.75) is 6.42 Å². The number of carboxylic acids is 1. The van der Waals surface area contributed by atoms with Gasteiger partial charge >= 0.3 is 5.97 Å². The summed E-state index contributed by atoms with van der Waals surface area (Å²) in [5, 5.41) is 9.28. The molecule has 0 unspecified atom stereocenters. The summed E-state index contributed by atoms with van der Waals surface area (Å²) in [6.45, 7) is 1.90. The molecule has 0 aromatic heterocycles. The predicted molar refractivity (Wildman–Crippen MR) is 116 cm³/mol. The molecule has 1 aromatic rings. The normalized spacial score (nSPS) is 18.2. The van der Waals surface area contributed by atoms with Gasteiger partial charge in [0.15, 0.2) is 6.61 Å². The Morgan fingerprint density at radius 3 is 2.77 bits per heavy atom. The van der Waals surface area contributed by atoms with E-state index >= 15 is 0 Å². The van der Waals surface area contributed by atoms with Crippen molar-refractivity contribution in [3.63, 3.8) is 0 Å². The van der Waals surface area contributed by atoms with Crippen LogP contribution in [0.4, 0.5) is 0 Å². The highest BCUT2D eigenvalue weighted by atomic mass is 35.5. The molecule has 3 rings (SSSR count). The van der Waals surface area contributed by atoms with E-state index in [4.69, 9.17) is 38.4 Å². The zero-order valence-electron chi connectivity index (χ0n) is 15.8. The maximum absolute atomic E-state index is 12.6. The Hall–Kier alpha value is -2.14. The number of benzene rings is 1. The van der Waals surface area contributed by atoms with Gasteiger partial charge in [-0.2, -0.15) is 0 Å². The lowest BCUT2D eigenvalue weighted by molar-refractivity contribution is -0.138. The fourth-order valence-corrected chi connectivity index (χ4v) is 4.33. The van der Waals surface area contributed by atoms with Crippen LogP contribution in [-0.4, -0.2) is 76.5 Å². The average Bonchev–Trinajstić information content (AvgIpc) is 2.98. The molecule has 2 aliphatic rings. The van der Waals surface area contributed by atoms with Crippen molar-refractivity contribution in [2.75, 3.05) is 39.5 Å². The molecule has 0 bridgehead atoms. The van der Waals surface area contributed by atoms with Crippen molar-refractivity contribution >= 4 is 63.8 Å². The number of ether oxygens (including phenoxy) is 2. The Bertz CT molecular complexity index is 901. The van der Waals surface area contributed by atoms with E-state index in [9.17, 15) is 14.4 Å². The summed E-state index contributed by atoms with van der Waals surface area (Å²) in [6, 6.07) is 4.89. The fourth-order valence-electron chi connectivity index (χ4n) is 2.85. The number of thioether (sulfide) groups is 1. The van der Waals surface area contributed by atoms with Gasteiger partial charge in [-0.25, -0.2) is 0 Å². The molecule has 30 heavy (non-hydrogen) atoms. The van der Waals surface area contributed by atoms with Crippen LogP contribution in [0.3, 0.4) is 0 Å². The maximum Gasteiger partial charge on any atom is 0.305 e. The molecule has 0 saturated carbocycles. The Kier molecular flexibility index (Phi) is 7.70. The number of aliphatic carboxylic acids is 1. The van der Waals surface area contributed by atoms with Gasteiger partial charge in [-0.15, -0.1) is 0 Å². The zero-order chi connectivity index (χ0) is 21.7. The minimum absolute atomic E-state index is 0.00426. The number of carbonyl (C=O) groups excluding carboxylic acids is 2. The monoisotopic (exact) mass is 470 g/mol. The molecular formula is C19H19ClN2O6S2. The third-order valence-electron chi connectivity index (χ3n) is 4.40. The lowest BCUT2D eigenvalue weighted by atomic mass is 10.2. The van der Waals surface area contributed by atoms with Crippen molar-refractivity contribution in [1.82, 2.24) is 9.80 Å². The molecule has 2 heterocycles. The van der Waals surface area contributed by atoms with Gasteiger partial charge in [0.1, 0.15) is 10.1 Å². The number of thiocarbonyl (C=S) groups is 1. The summed E-state index contributed by atoms with van der Waals surface area (Å²) in [5.74, 6) is -1.14. The van der Waals surface area contributed by atoms with Crippen molar-refractivity contribution in [3.8, 4) is 5.75 Å². The third-order valence-corrected chi connectivity index (χ3v) is 6.01. The van der Waals surface area contributed by atoms with Gasteiger partial charge in [0.05, 0.1) is 24.5 Å². The molecule has 2 saturated heterocycles. The fraction of sp³-hybridized carbons (Fsp3) is 0.368. The van der Waals surface area contributed by atoms with Crippen molar-refractivity contribution in [2.24, 2.45) is 0 Å². The van der Waals surface area contributed by atoms with Gasteiger partial charge in [-0.1, -0.05) is 35.6 Å². The van der Waals surface area contributed by atoms with E-state index in [1.807, 2.05) is 0 Å². The number of amides is 2. The molecule has 0 aliphatic carbocycles. The van der Waals surface area contributed by atoms with Crippen LogP contribution >= 0.6 is 35.6 Å². The molecule has 1 aromatic carbocycles. The van der Waals surface area contributed by atoms with Gasteiger partial charge in [0, 0.05) is 30.2 Å². The zero-order valence-corrected chi connectivity index (χ0v) is 18.2. The first kappa shape index (κ1) is 22.5. The predicted octanol–water partition coefficient (Wildman–Crippen LogP) is 2.25. The standard InChI is InChI=1S/C19H19ClN2O6S2/c20-13-1-2-14(28-11-16(23)21-5-7-27-8-6-21)12(9-13)10-15-18(26)22(19(29)30-15)4-3-17(24)25/h1-2,9-10H,3-8,11H2,(H,24,25)/b15-10+. The van der Waals surface area contributed by atoms with E-state index in [2.05, 4.69) is 0 Å². The van der Waals surface area contributed by atoms with Gasteiger partial charge in [-0.3, -0.25) is 19.3 Å². The molecule has 160 valence electrons. The largest absolute Gasteiger partial charge is 0.483 e. The number of halogens is 1. The SMILES string of the molecule is O=C(O)CCN1C(=O)/C(=C\c2cc(Cl)ccc2OCC(=O)N2CCOCC2)SC1=S. The smallest absolute Gasteiger partial charge is 0.305 e. The summed E-state index contributed by atoms with van der Waals surface area (Å²) in [4.78, 5) is 39.0. The second-order valence-corrected chi connectivity index (χ2v) is 8.55. The summed E-state index contributed by atoms with van der Waals surface area (Å²) < 4.78 is 11.2. The van der Waals surface area contributed by atoms with Crippen LogP contribution in [0.1, 0.15) is 12.0 Å². The van der Waals surface area contributed by atoms with E-state index in [1.54, 1.807) is 29.2 Å². The second kappa shape index (κ2) is 10.3. The first-order valence-corrected chi connectivity index (χ1v) is 10.7. The van der Waals surface area contributed by atoms with Crippen LogP contribution in [0.2, 0.25) is 5.02 Å². The molecule has 2 fully saturated rings. The summed E-state index contributed by atoms with van der Waals surface area (Å²) in [6.07, 6.45) is 1.38. The van der Waals surface area contributed by atoms with Crippen molar-refractivity contribution in [1.29, 1.82) is 0 Å². The number of nitrogens with zero attached hydrogens (tertiary/aromatic N) is 2. The minimum Gasteiger partial charge on any atom is -0.483 e. The van der Waals surface area contributed by atoms with Crippen LogP contribution in [-0.2, 0) is 19.1 Å². The molecule has 0 radical (unpaired) electrons. The highest BCUT2D eigenvalue weighted by Gasteiger charge is 2.32. The number of carbonyl (C=O) groups is 3. The molecule has 1 N–H and O–H groups in total. The Morgan fingerprint density at radius 2 is 2.07 bits per heavy atom. The molecular weight excluding hydrogens is 452 g/mol. The number of hydrogen-bond acceptors (Lipinski definition) is 7. The quantitative estimate of drug-likeness (QED) is 0.479. The summed E-state index contributed by atoms with van der Waals surface area (Å²) >= 11 is 12.4. The van der Waals surface area contributed by atoms with Crippen LogP contribution in [0.25, 0.3) is 6.08 Å². The van der Waals surface area contributed by atoms with Gasteiger partial charge in [0.25, 0.3) is 11.8 Å². The maximum atomic E-state index is 12.6. The van der Waals surface area contributed by atoms with E-state index in [0.717, 1.165) is 11.8 Å². The summed E-state index contributed by atoms with van der Waals surface area (Å²) in [5.41, 5.74) is 0.524. The third kappa shape index (κ3) is 5.72. The van der Waals surface area contributed by atoms with Gasteiger partial charge in [-0.05, 0) is 24.3 Å². The lowest BCUT2D eigenvalue weighted by Crippen LogP contribution is -2.43. The number of carboxylic acid groups (broad SMARTS) is 1. The van der Waals surface area contributed by atoms with Gasteiger partial charge in [0.2, 0.25) is 0 Å².